The number of carbonyl (C=O) groups is 1. The van der Waals surface area contributed by atoms with E-state index in [4.69, 9.17) is 27.6 Å². The summed E-state index contributed by atoms with van der Waals surface area (Å²) in [6.45, 7) is 0. The highest BCUT2D eigenvalue weighted by Gasteiger charge is 2.32. The van der Waals surface area contributed by atoms with Crippen LogP contribution in [0.25, 0.3) is 17.4 Å². The smallest absolute Gasteiger partial charge is 0.416 e. The van der Waals surface area contributed by atoms with Crippen LogP contribution in [0.3, 0.4) is 0 Å². The van der Waals surface area contributed by atoms with Crippen molar-refractivity contribution in [3.05, 3.63) is 87.1 Å². The molecule has 2 aromatic carbocycles. The van der Waals surface area contributed by atoms with E-state index in [0.717, 1.165) is 42.5 Å². The molecule has 0 N–H and O–H groups in total. The molecule has 0 spiro atoms. The zero-order valence-electron chi connectivity index (χ0n) is 15.1. The summed E-state index contributed by atoms with van der Waals surface area (Å²) in [6.07, 6.45) is -6.79. The van der Waals surface area contributed by atoms with Crippen LogP contribution in [-0.4, -0.2) is 5.78 Å². The maximum Gasteiger partial charge on any atom is 0.416 e. The van der Waals surface area contributed by atoms with Crippen molar-refractivity contribution in [2.24, 2.45) is 0 Å². The van der Waals surface area contributed by atoms with Crippen LogP contribution in [-0.2, 0) is 12.4 Å². The lowest BCUT2D eigenvalue weighted by Gasteiger charge is -2.10. The Morgan fingerprint density at radius 1 is 0.806 bits per heavy atom. The number of rotatable bonds is 4. The molecule has 0 bridgehead atoms. The van der Waals surface area contributed by atoms with Crippen molar-refractivity contribution in [3.63, 3.8) is 0 Å². The van der Waals surface area contributed by atoms with Crippen LogP contribution in [0.4, 0.5) is 26.3 Å². The average Bonchev–Trinajstić information content (AvgIpc) is 3.12. The lowest BCUT2D eigenvalue weighted by molar-refractivity contribution is -0.138. The molecule has 31 heavy (non-hydrogen) atoms. The van der Waals surface area contributed by atoms with Crippen molar-refractivity contribution in [2.75, 3.05) is 0 Å². The van der Waals surface area contributed by atoms with E-state index in [1.165, 1.54) is 18.2 Å². The molecule has 0 atom stereocenters. The first kappa shape index (κ1) is 23.0. The van der Waals surface area contributed by atoms with Gasteiger partial charge in [0.2, 0.25) is 0 Å². The molecule has 1 heterocycles. The lowest BCUT2D eigenvalue weighted by atomic mass is 10.1. The first-order chi connectivity index (χ1) is 14.4. The number of ketones is 1. The predicted molar refractivity (Wildman–Crippen MR) is 104 cm³/mol. The van der Waals surface area contributed by atoms with Crippen molar-refractivity contribution >= 4 is 35.1 Å². The van der Waals surface area contributed by atoms with Crippen LogP contribution in [0.15, 0.2) is 59.0 Å². The summed E-state index contributed by atoms with van der Waals surface area (Å²) in [5.74, 6) is -0.343. The molecule has 2 nitrogen and oxygen atoms in total. The Bertz CT molecular complexity index is 1120. The zero-order valence-corrected chi connectivity index (χ0v) is 16.6. The molecule has 0 amide bonds. The van der Waals surface area contributed by atoms with Gasteiger partial charge in [-0.05, 0) is 48.6 Å². The highest BCUT2D eigenvalue weighted by atomic mass is 35.5. The van der Waals surface area contributed by atoms with Gasteiger partial charge in [0.25, 0.3) is 0 Å². The summed E-state index contributed by atoms with van der Waals surface area (Å²) < 4.78 is 81.8. The van der Waals surface area contributed by atoms with E-state index < -0.39 is 29.3 Å². The van der Waals surface area contributed by atoms with Crippen molar-refractivity contribution in [1.82, 2.24) is 0 Å². The summed E-state index contributed by atoms with van der Waals surface area (Å²) in [7, 11) is 0. The van der Waals surface area contributed by atoms with Crippen molar-refractivity contribution in [2.45, 2.75) is 12.4 Å². The number of allylic oxidation sites excluding steroid dienone is 1. The van der Waals surface area contributed by atoms with Gasteiger partial charge in [0.05, 0.1) is 26.7 Å². The second kappa shape index (κ2) is 8.43. The second-order valence-electron chi connectivity index (χ2n) is 6.29. The van der Waals surface area contributed by atoms with Gasteiger partial charge in [0.15, 0.2) is 5.78 Å². The summed E-state index contributed by atoms with van der Waals surface area (Å²) in [5, 5.41) is -0.545. The molecule has 3 aromatic rings. The van der Waals surface area contributed by atoms with E-state index in [1.807, 2.05) is 0 Å². The molecule has 0 aliphatic heterocycles. The number of alkyl halides is 6. The monoisotopic (exact) mass is 478 g/mol. The maximum atomic E-state index is 12.8. The Hall–Kier alpha value is -2.71. The van der Waals surface area contributed by atoms with Gasteiger partial charge in [-0.3, -0.25) is 4.79 Å². The number of hydrogen-bond donors (Lipinski definition) is 0. The van der Waals surface area contributed by atoms with Gasteiger partial charge in [-0.1, -0.05) is 35.3 Å². The number of carbonyl (C=O) groups excluding carboxylic acids is 1. The summed E-state index contributed by atoms with van der Waals surface area (Å²) >= 11 is 11.9. The minimum Gasteiger partial charge on any atom is -0.457 e. The van der Waals surface area contributed by atoms with E-state index in [9.17, 15) is 31.1 Å². The highest BCUT2D eigenvalue weighted by Crippen LogP contribution is 2.41. The molecule has 0 aliphatic rings. The van der Waals surface area contributed by atoms with E-state index >= 15 is 0 Å². The van der Waals surface area contributed by atoms with E-state index in [1.54, 1.807) is 0 Å². The van der Waals surface area contributed by atoms with Gasteiger partial charge in [0.1, 0.15) is 11.5 Å². The van der Waals surface area contributed by atoms with Gasteiger partial charge < -0.3 is 4.42 Å². The summed E-state index contributed by atoms with van der Waals surface area (Å²) in [4.78, 5) is 12.1. The largest absolute Gasteiger partial charge is 0.457 e. The molecule has 0 saturated carbocycles. The van der Waals surface area contributed by atoms with Crippen LogP contribution in [0.2, 0.25) is 10.0 Å². The molecule has 162 valence electrons. The van der Waals surface area contributed by atoms with Gasteiger partial charge in [0, 0.05) is 5.56 Å². The third kappa shape index (κ3) is 5.32. The van der Waals surface area contributed by atoms with Crippen molar-refractivity contribution in [3.8, 4) is 11.3 Å². The average molecular weight is 479 g/mol. The Labute approximate surface area is 181 Å². The van der Waals surface area contributed by atoms with Crippen LogP contribution in [0.1, 0.15) is 27.2 Å². The van der Waals surface area contributed by atoms with Crippen LogP contribution < -0.4 is 0 Å². The van der Waals surface area contributed by atoms with Crippen molar-refractivity contribution < 1.29 is 35.6 Å². The first-order valence-corrected chi connectivity index (χ1v) is 9.18. The van der Waals surface area contributed by atoms with Crippen LogP contribution in [0.5, 0.6) is 0 Å². The van der Waals surface area contributed by atoms with Gasteiger partial charge >= 0.3 is 12.4 Å². The minimum atomic E-state index is -4.62. The SMILES string of the molecule is O=C(/C=C\c1ccc(-c2c(Cl)cc(C(F)(F)F)cc2Cl)o1)c1ccc(C(F)(F)F)cc1. The predicted octanol–water partition coefficient (Wildman–Crippen LogP) is 8.19. The second-order valence-corrected chi connectivity index (χ2v) is 7.10. The molecule has 3 rings (SSSR count). The maximum absolute atomic E-state index is 12.8. The number of furan rings is 1. The molecule has 0 aliphatic carbocycles. The van der Waals surface area contributed by atoms with Gasteiger partial charge in [-0.2, -0.15) is 26.3 Å². The van der Waals surface area contributed by atoms with Crippen molar-refractivity contribution in [1.29, 1.82) is 0 Å². The molecule has 0 saturated heterocycles. The molecule has 10 heteroatoms. The molecule has 0 fully saturated rings. The third-order valence-corrected chi connectivity index (χ3v) is 4.73. The molecule has 0 radical (unpaired) electrons. The molecule has 0 unspecified atom stereocenters. The Morgan fingerprint density at radius 2 is 1.35 bits per heavy atom. The Morgan fingerprint density at radius 3 is 1.87 bits per heavy atom. The van der Waals surface area contributed by atoms with Gasteiger partial charge in [-0.25, -0.2) is 0 Å². The fourth-order valence-corrected chi connectivity index (χ4v) is 3.30. The van der Waals surface area contributed by atoms with Crippen LogP contribution >= 0.6 is 23.2 Å². The molecule has 1 aromatic heterocycles. The van der Waals surface area contributed by atoms with E-state index in [-0.39, 0.29) is 32.7 Å². The minimum absolute atomic E-state index is 0.0323. The zero-order chi connectivity index (χ0) is 23.0. The summed E-state index contributed by atoms with van der Waals surface area (Å²) in [5.41, 5.74) is -1.82. The molecular formula is C21H10Cl2F6O2. The first-order valence-electron chi connectivity index (χ1n) is 8.42. The third-order valence-electron chi connectivity index (χ3n) is 4.14. The van der Waals surface area contributed by atoms with E-state index in [2.05, 4.69) is 0 Å². The standard InChI is InChI=1S/C21H10Cl2F6O2/c22-15-9-13(21(27,28)29)10-16(23)19(15)18-8-6-14(31-18)5-7-17(30)11-1-3-12(4-2-11)20(24,25)26/h1-10H/b7-5-. The van der Waals surface area contributed by atoms with Crippen LogP contribution in [0, 0.1) is 0 Å². The fraction of sp³-hybridized carbons (Fsp3) is 0.0952. The highest BCUT2D eigenvalue weighted by molar-refractivity contribution is 6.39. The number of hydrogen-bond acceptors (Lipinski definition) is 2. The van der Waals surface area contributed by atoms with E-state index in [0.29, 0.717) is 0 Å². The fourth-order valence-electron chi connectivity index (χ4n) is 2.63. The lowest BCUT2D eigenvalue weighted by Crippen LogP contribution is -2.05. The Balaban J connectivity index is 1.80. The van der Waals surface area contributed by atoms with Gasteiger partial charge in [-0.15, -0.1) is 0 Å². The quantitative estimate of drug-likeness (QED) is 0.215. The summed E-state index contributed by atoms with van der Waals surface area (Å²) in [6, 6.07) is 7.94. The number of halogens is 8. The number of benzene rings is 2. The Kier molecular flexibility index (Phi) is 6.25. The normalized spacial score (nSPS) is 12.5. The topological polar surface area (TPSA) is 30.2 Å². The molecular weight excluding hydrogens is 469 g/mol.